The lowest BCUT2D eigenvalue weighted by Crippen LogP contribution is -2.26. The number of carbonyl (C=O) groups is 1. The molecule has 2 rings (SSSR count). The van der Waals surface area contributed by atoms with Crippen molar-refractivity contribution in [1.29, 1.82) is 0 Å². The summed E-state index contributed by atoms with van der Waals surface area (Å²) in [5.74, 6) is -0.147. The lowest BCUT2D eigenvalue weighted by Gasteiger charge is -2.17. The molecule has 0 atom stereocenters. The Bertz CT molecular complexity index is 662. The van der Waals surface area contributed by atoms with Gasteiger partial charge in [-0.2, -0.15) is 0 Å². The Morgan fingerprint density at radius 3 is 2.82 bits per heavy atom. The van der Waals surface area contributed by atoms with Gasteiger partial charge in [0.2, 0.25) is 11.1 Å². The van der Waals surface area contributed by atoms with Gasteiger partial charge in [0.25, 0.3) is 0 Å². The minimum atomic E-state index is -0.648. The van der Waals surface area contributed by atoms with Crippen LogP contribution >= 0.6 is 11.8 Å². The number of amides is 1. The first-order valence-electron chi connectivity index (χ1n) is 6.65. The van der Waals surface area contributed by atoms with Gasteiger partial charge in [-0.25, -0.2) is 13.8 Å². The number of nitrogens with zero attached hydrogens (tertiary/aromatic N) is 3. The molecule has 0 spiro atoms. The highest BCUT2D eigenvalue weighted by molar-refractivity contribution is 7.99. The van der Waals surface area contributed by atoms with Crippen LogP contribution in [0.15, 0.2) is 23.4 Å². The van der Waals surface area contributed by atoms with Crippen molar-refractivity contribution in [2.45, 2.75) is 25.0 Å². The first-order valence-corrected chi connectivity index (χ1v) is 7.64. The van der Waals surface area contributed by atoms with E-state index in [-0.39, 0.29) is 24.4 Å². The van der Waals surface area contributed by atoms with Crippen molar-refractivity contribution in [2.75, 3.05) is 12.8 Å². The van der Waals surface area contributed by atoms with Crippen molar-refractivity contribution < 1.29 is 13.6 Å². The summed E-state index contributed by atoms with van der Waals surface area (Å²) in [6, 6.07) is 3.34. The average Bonchev–Trinajstić information content (AvgIpc) is 2.87. The summed E-state index contributed by atoms with van der Waals surface area (Å²) in [5, 5.41) is 7.28. The summed E-state index contributed by atoms with van der Waals surface area (Å²) in [7, 11) is 1.59. The third kappa shape index (κ3) is 4.52. The van der Waals surface area contributed by atoms with Crippen molar-refractivity contribution in [3.63, 3.8) is 0 Å². The minimum absolute atomic E-state index is 0.107. The van der Waals surface area contributed by atoms with Gasteiger partial charge >= 0.3 is 0 Å². The fourth-order valence-electron chi connectivity index (χ4n) is 1.80. The topological polar surface area (TPSA) is 61.9 Å². The number of H-pyrrole nitrogens is 1. The monoisotopic (exact) mass is 326 g/mol. The lowest BCUT2D eigenvalue weighted by atomic mass is 10.2. The molecule has 1 aromatic carbocycles. The first kappa shape index (κ1) is 16.4. The standard InChI is InChI=1S/C14H16F2N4OS/c1-9-17-14(19-18-9)22-6-5-13(21)20(2)8-10-3-4-11(15)7-12(10)16/h3-4,7H,5-6,8H2,1-2H3,(H,17,18,19). The normalized spacial score (nSPS) is 10.7. The Labute approximate surface area is 131 Å². The molecule has 1 N–H and O–H groups in total. The van der Waals surface area contributed by atoms with Crippen molar-refractivity contribution in [3.8, 4) is 0 Å². The van der Waals surface area contributed by atoms with Gasteiger partial charge in [0.05, 0.1) is 0 Å². The molecule has 118 valence electrons. The Morgan fingerprint density at radius 1 is 1.41 bits per heavy atom. The molecular formula is C14H16F2N4OS. The van der Waals surface area contributed by atoms with E-state index in [0.29, 0.717) is 10.9 Å². The zero-order valence-corrected chi connectivity index (χ0v) is 13.1. The van der Waals surface area contributed by atoms with Gasteiger partial charge in [-0.15, -0.1) is 5.10 Å². The molecule has 0 aliphatic heterocycles. The van der Waals surface area contributed by atoms with E-state index in [2.05, 4.69) is 15.2 Å². The molecule has 0 fully saturated rings. The summed E-state index contributed by atoms with van der Waals surface area (Å²) >= 11 is 1.37. The fourth-order valence-corrected chi connectivity index (χ4v) is 2.57. The van der Waals surface area contributed by atoms with Crippen molar-refractivity contribution in [2.24, 2.45) is 0 Å². The SMILES string of the molecule is Cc1nc(SCCC(=O)N(C)Cc2ccc(F)cc2F)n[nH]1. The molecule has 1 aromatic heterocycles. The van der Waals surface area contributed by atoms with E-state index >= 15 is 0 Å². The zero-order chi connectivity index (χ0) is 16.1. The van der Waals surface area contributed by atoms with Gasteiger partial charge in [-0.05, 0) is 13.0 Å². The third-order valence-corrected chi connectivity index (χ3v) is 3.82. The number of thioether (sulfide) groups is 1. The molecule has 0 aliphatic rings. The number of hydrogen-bond acceptors (Lipinski definition) is 4. The van der Waals surface area contributed by atoms with Crippen LogP contribution in [0, 0.1) is 18.6 Å². The molecule has 22 heavy (non-hydrogen) atoms. The highest BCUT2D eigenvalue weighted by atomic mass is 32.2. The number of nitrogens with one attached hydrogen (secondary N) is 1. The van der Waals surface area contributed by atoms with Crippen molar-refractivity contribution in [1.82, 2.24) is 20.1 Å². The van der Waals surface area contributed by atoms with Crippen LogP contribution in [-0.2, 0) is 11.3 Å². The van der Waals surface area contributed by atoms with E-state index < -0.39 is 11.6 Å². The summed E-state index contributed by atoms with van der Waals surface area (Å²) < 4.78 is 26.4. The predicted molar refractivity (Wildman–Crippen MR) is 79.3 cm³/mol. The average molecular weight is 326 g/mol. The summed E-state index contributed by atoms with van der Waals surface area (Å²) in [6.45, 7) is 1.91. The maximum Gasteiger partial charge on any atom is 0.223 e. The molecule has 8 heteroatoms. The van der Waals surface area contributed by atoms with Crippen LogP contribution in [0.5, 0.6) is 0 Å². The Kier molecular flexibility index (Phi) is 5.48. The van der Waals surface area contributed by atoms with E-state index in [0.717, 1.165) is 11.9 Å². The van der Waals surface area contributed by atoms with Crippen molar-refractivity contribution in [3.05, 3.63) is 41.2 Å². The Morgan fingerprint density at radius 2 is 2.18 bits per heavy atom. The van der Waals surface area contributed by atoms with Crippen LogP contribution in [0.4, 0.5) is 8.78 Å². The summed E-state index contributed by atoms with van der Waals surface area (Å²) in [6.07, 6.45) is 0.289. The van der Waals surface area contributed by atoms with E-state index in [4.69, 9.17) is 0 Å². The molecule has 0 aliphatic carbocycles. The third-order valence-electron chi connectivity index (χ3n) is 2.97. The molecule has 0 saturated heterocycles. The molecule has 0 bridgehead atoms. The Hall–Kier alpha value is -1.96. The quantitative estimate of drug-likeness (QED) is 0.829. The van der Waals surface area contributed by atoms with Crippen LogP contribution in [0.1, 0.15) is 17.8 Å². The molecule has 1 amide bonds. The maximum atomic E-state index is 13.5. The van der Waals surface area contributed by atoms with Crippen LogP contribution in [0.25, 0.3) is 0 Å². The zero-order valence-electron chi connectivity index (χ0n) is 12.3. The number of aryl methyl sites for hydroxylation is 1. The number of benzene rings is 1. The summed E-state index contributed by atoms with van der Waals surface area (Å²) in [5.41, 5.74) is 0.287. The maximum absolute atomic E-state index is 13.5. The van der Waals surface area contributed by atoms with E-state index in [1.54, 1.807) is 14.0 Å². The molecule has 0 saturated carbocycles. The van der Waals surface area contributed by atoms with Gasteiger partial charge in [0, 0.05) is 37.4 Å². The van der Waals surface area contributed by atoms with Gasteiger partial charge < -0.3 is 4.90 Å². The van der Waals surface area contributed by atoms with Gasteiger partial charge in [0.1, 0.15) is 17.5 Å². The van der Waals surface area contributed by atoms with E-state index in [1.807, 2.05) is 0 Å². The minimum Gasteiger partial charge on any atom is -0.341 e. The highest BCUT2D eigenvalue weighted by Crippen LogP contribution is 2.15. The van der Waals surface area contributed by atoms with Crippen LogP contribution < -0.4 is 0 Å². The number of carbonyl (C=O) groups excluding carboxylic acids is 1. The molecule has 5 nitrogen and oxygen atoms in total. The van der Waals surface area contributed by atoms with Crippen molar-refractivity contribution >= 4 is 17.7 Å². The predicted octanol–water partition coefficient (Wildman–Crippen LogP) is 2.53. The summed E-state index contributed by atoms with van der Waals surface area (Å²) in [4.78, 5) is 17.5. The fraction of sp³-hybridized carbons (Fsp3) is 0.357. The van der Waals surface area contributed by atoms with E-state index in [1.165, 1.54) is 28.8 Å². The number of halogens is 2. The van der Waals surface area contributed by atoms with Crippen LogP contribution in [0.2, 0.25) is 0 Å². The largest absolute Gasteiger partial charge is 0.341 e. The second kappa shape index (κ2) is 7.35. The Balaban J connectivity index is 1.81. The smallest absolute Gasteiger partial charge is 0.223 e. The van der Waals surface area contributed by atoms with E-state index in [9.17, 15) is 13.6 Å². The number of aromatic nitrogens is 3. The number of aromatic amines is 1. The lowest BCUT2D eigenvalue weighted by molar-refractivity contribution is -0.129. The second-order valence-electron chi connectivity index (χ2n) is 4.79. The first-order chi connectivity index (χ1) is 10.5. The van der Waals surface area contributed by atoms with Gasteiger partial charge in [-0.3, -0.25) is 9.89 Å². The van der Waals surface area contributed by atoms with Gasteiger partial charge in [0.15, 0.2) is 0 Å². The molecule has 0 unspecified atom stereocenters. The second-order valence-corrected chi connectivity index (χ2v) is 5.85. The molecule has 0 radical (unpaired) electrons. The van der Waals surface area contributed by atoms with Crippen LogP contribution in [-0.4, -0.2) is 38.8 Å². The molecule has 2 aromatic rings. The van der Waals surface area contributed by atoms with Gasteiger partial charge in [-0.1, -0.05) is 17.8 Å². The number of rotatable bonds is 6. The molecular weight excluding hydrogens is 310 g/mol. The number of hydrogen-bond donors (Lipinski definition) is 1. The molecule has 1 heterocycles. The van der Waals surface area contributed by atoms with Crippen LogP contribution in [0.3, 0.4) is 0 Å². The highest BCUT2D eigenvalue weighted by Gasteiger charge is 2.13.